The van der Waals surface area contributed by atoms with Crippen LogP contribution in [0.15, 0.2) is 59.3 Å². The summed E-state index contributed by atoms with van der Waals surface area (Å²) in [7, 11) is 1.51. The van der Waals surface area contributed by atoms with Crippen LogP contribution in [0.3, 0.4) is 0 Å². The summed E-state index contributed by atoms with van der Waals surface area (Å²) < 4.78 is 10.5. The van der Waals surface area contributed by atoms with Crippen LogP contribution >= 0.6 is 11.6 Å². The first-order chi connectivity index (χ1) is 12.5. The molecule has 26 heavy (non-hydrogen) atoms. The molecule has 0 saturated carbocycles. The van der Waals surface area contributed by atoms with E-state index in [4.69, 9.17) is 21.1 Å². The number of hydrogen-bond acceptors (Lipinski definition) is 5. The minimum absolute atomic E-state index is 0.0312. The lowest BCUT2D eigenvalue weighted by Gasteiger charge is -2.16. The zero-order valence-electron chi connectivity index (χ0n) is 14.3. The Morgan fingerprint density at radius 2 is 1.77 bits per heavy atom. The lowest BCUT2D eigenvalue weighted by molar-refractivity contribution is -0.120. The molecule has 2 amide bonds. The first kappa shape index (κ1) is 17.8. The molecule has 2 aromatic rings. The molecule has 134 valence electrons. The van der Waals surface area contributed by atoms with Crippen LogP contribution in [0.25, 0.3) is 0 Å². The quantitative estimate of drug-likeness (QED) is 0.786. The lowest BCUT2D eigenvalue weighted by Crippen LogP contribution is -2.32. The van der Waals surface area contributed by atoms with Gasteiger partial charge < -0.3 is 14.8 Å². The Bertz CT molecular complexity index is 877. The van der Waals surface area contributed by atoms with Crippen molar-refractivity contribution in [3.63, 3.8) is 0 Å². The van der Waals surface area contributed by atoms with Crippen LogP contribution in [0.1, 0.15) is 6.92 Å². The smallest absolute Gasteiger partial charge is 0.283 e. The van der Waals surface area contributed by atoms with Gasteiger partial charge in [-0.15, -0.1) is 0 Å². The van der Waals surface area contributed by atoms with Crippen molar-refractivity contribution >= 4 is 34.8 Å². The average molecular weight is 373 g/mol. The number of nitrogens with zero attached hydrogens (tertiary/aromatic N) is 1. The second-order valence-electron chi connectivity index (χ2n) is 5.42. The van der Waals surface area contributed by atoms with E-state index in [0.29, 0.717) is 29.5 Å². The average Bonchev–Trinajstić information content (AvgIpc) is 2.87. The Morgan fingerprint density at radius 1 is 1.04 bits per heavy atom. The fraction of sp³-hybridized carbons (Fsp3) is 0.158. The number of halogens is 1. The third kappa shape index (κ3) is 3.36. The predicted molar refractivity (Wildman–Crippen MR) is 99.6 cm³/mol. The van der Waals surface area contributed by atoms with E-state index in [1.165, 1.54) is 7.11 Å². The van der Waals surface area contributed by atoms with Crippen LogP contribution in [0.4, 0.5) is 11.4 Å². The molecule has 1 heterocycles. The van der Waals surface area contributed by atoms with E-state index < -0.39 is 11.8 Å². The number of benzene rings is 2. The monoisotopic (exact) mass is 372 g/mol. The van der Waals surface area contributed by atoms with Crippen molar-refractivity contribution in [2.24, 2.45) is 0 Å². The van der Waals surface area contributed by atoms with Gasteiger partial charge in [0, 0.05) is 11.8 Å². The molecule has 0 bridgehead atoms. The number of rotatable bonds is 6. The summed E-state index contributed by atoms with van der Waals surface area (Å²) in [5.41, 5.74) is 1.04. The van der Waals surface area contributed by atoms with Crippen molar-refractivity contribution in [3.05, 3.63) is 59.3 Å². The van der Waals surface area contributed by atoms with Crippen LogP contribution in [-0.2, 0) is 9.59 Å². The summed E-state index contributed by atoms with van der Waals surface area (Å²) >= 11 is 6.12. The number of carbonyl (C=O) groups is 2. The minimum atomic E-state index is -0.585. The van der Waals surface area contributed by atoms with E-state index in [0.717, 1.165) is 4.90 Å². The van der Waals surface area contributed by atoms with Gasteiger partial charge in [0.25, 0.3) is 11.8 Å². The third-order valence-corrected chi connectivity index (χ3v) is 4.12. The maximum absolute atomic E-state index is 12.7. The number of anilines is 2. The number of imide groups is 1. The van der Waals surface area contributed by atoms with Gasteiger partial charge in [0.15, 0.2) is 0 Å². The van der Waals surface area contributed by atoms with Gasteiger partial charge in [-0.1, -0.05) is 17.7 Å². The van der Waals surface area contributed by atoms with E-state index in [-0.39, 0.29) is 10.7 Å². The normalized spacial score (nSPS) is 14.0. The van der Waals surface area contributed by atoms with Gasteiger partial charge in [-0.25, -0.2) is 4.90 Å². The summed E-state index contributed by atoms with van der Waals surface area (Å²) in [6, 6.07) is 13.7. The van der Waals surface area contributed by atoms with E-state index >= 15 is 0 Å². The number of hydrogen-bond donors (Lipinski definition) is 1. The molecule has 0 aliphatic carbocycles. The highest BCUT2D eigenvalue weighted by Crippen LogP contribution is 2.32. The van der Waals surface area contributed by atoms with Gasteiger partial charge in [-0.2, -0.15) is 0 Å². The van der Waals surface area contributed by atoms with Gasteiger partial charge in [0.2, 0.25) is 0 Å². The number of carbonyl (C=O) groups excluding carboxylic acids is 2. The van der Waals surface area contributed by atoms with Gasteiger partial charge >= 0.3 is 0 Å². The summed E-state index contributed by atoms with van der Waals surface area (Å²) in [4.78, 5) is 26.2. The van der Waals surface area contributed by atoms with Crippen molar-refractivity contribution < 1.29 is 19.1 Å². The maximum atomic E-state index is 12.7. The zero-order chi connectivity index (χ0) is 18.7. The summed E-state index contributed by atoms with van der Waals surface area (Å²) in [5.74, 6) is 0.137. The molecule has 0 fully saturated rings. The molecule has 0 spiro atoms. The van der Waals surface area contributed by atoms with Crippen molar-refractivity contribution in [1.82, 2.24) is 0 Å². The van der Waals surface area contributed by atoms with Gasteiger partial charge in [0.1, 0.15) is 22.2 Å². The van der Waals surface area contributed by atoms with Gasteiger partial charge in [0.05, 0.1) is 19.4 Å². The summed E-state index contributed by atoms with van der Waals surface area (Å²) in [6.07, 6.45) is 0. The molecule has 2 aromatic carbocycles. The van der Waals surface area contributed by atoms with Crippen LogP contribution in [-0.4, -0.2) is 25.5 Å². The molecule has 1 aliphatic rings. The summed E-state index contributed by atoms with van der Waals surface area (Å²) in [5, 5.41) is 2.76. The standard InChI is InChI=1S/C19H17ClN2O4/c1-3-26-14-9-7-12(8-10-14)21-17-16(20)18(23)22(19(17)24)13-5-4-6-15(11-13)25-2/h4-11,21H,3H2,1-2H3. The molecule has 0 aromatic heterocycles. The molecule has 0 atom stereocenters. The van der Waals surface area contributed by atoms with Crippen molar-refractivity contribution in [2.75, 3.05) is 23.9 Å². The minimum Gasteiger partial charge on any atom is -0.497 e. The zero-order valence-corrected chi connectivity index (χ0v) is 15.0. The topological polar surface area (TPSA) is 67.9 Å². The van der Waals surface area contributed by atoms with Crippen molar-refractivity contribution in [2.45, 2.75) is 6.92 Å². The third-order valence-electron chi connectivity index (χ3n) is 3.77. The number of methoxy groups -OCH3 is 1. The second-order valence-corrected chi connectivity index (χ2v) is 5.80. The molecule has 0 saturated heterocycles. The van der Waals surface area contributed by atoms with Crippen LogP contribution in [0.2, 0.25) is 0 Å². The fourth-order valence-corrected chi connectivity index (χ4v) is 2.75. The summed E-state index contributed by atoms with van der Waals surface area (Å²) in [6.45, 7) is 2.46. The SMILES string of the molecule is CCOc1ccc(NC2=C(Cl)C(=O)N(c3cccc(OC)c3)C2=O)cc1. The van der Waals surface area contributed by atoms with E-state index in [2.05, 4.69) is 5.32 Å². The molecule has 3 rings (SSSR count). The fourth-order valence-electron chi connectivity index (χ4n) is 2.54. The molecule has 0 radical (unpaired) electrons. The highest BCUT2D eigenvalue weighted by molar-refractivity contribution is 6.53. The highest BCUT2D eigenvalue weighted by atomic mass is 35.5. The van der Waals surface area contributed by atoms with Crippen LogP contribution in [0.5, 0.6) is 11.5 Å². The van der Waals surface area contributed by atoms with Crippen LogP contribution < -0.4 is 19.7 Å². The molecule has 1 N–H and O–H groups in total. The Hall–Kier alpha value is -2.99. The largest absolute Gasteiger partial charge is 0.497 e. The number of ether oxygens (including phenoxy) is 2. The number of nitrogens with one attached hydrogen (secondary N) is 1. The Morgan fingerprint density at radius 3 is 2.42 bits per heavy atom. The Balaban J connectivity index is 1.84. The van der Waals surface area contributed by atoms with E-state index in [1.54, 1.807) is 48.5 Å². The molecule has 7 heteroatoms. The predicted octanol–water partition coefficient (Wildman–Crippen LogP) is 3.53. The molecule has 6 nitrogen and oxygen atoms in total. The second kappa shape index (κ2) is 7.49. The van der Waals surface area contributed by atoms with Crippen molar-refractivity contribution in [3.8, 4) is 11.5 Å². The van der Waals surface area contributed by atoms with E-state index in [9.17, 15) is 9.59 Å². The lowest BCUT2D eigenvalue weighted by atomic mass is 10.2. The highest BCUT2D eigenvalue weighted by Gasteiger charge is 2.39. The molecule has 0 unspecified atom stereocenters. The molecular formula is C19H17ClN2O4. The Kier molecular flexibility index (Phi) is 5.14. The van der Waals surface area contributed by atoms with E-state index in [1.807, 2.05) is 6.92 Å². The van der Waals surface area contributed by atoms with Crippen LogP contribution in [0, 0.1) is 0 Å². The first-order valence-corrected chi connectivity index (χ1v) is 8.35. The Labute approximate surface area is 156 Å². The van der Waals surface area contributed by atoms with Gasteiger partial charge in [-0.05, 0) is 43.3 Å². The number of amides is 2. The van der Waals surface area contributed by atoms with Gasteiger partial charge in [-0.3, -0.25) is 9.59 Å². The maximum Gasteiger partial charge on any atom is 0.283 e. The van der Waals surface area contributed by atoms with Crippen molar-refractivity contribution in [1.29, 1.82) is 0 Å². The first-order valence-electron chi connectivity index (χ1n) is 7.97. The molecule has 1 aliphatic heterocycles. The molecular weight excluding hydrogens is 356 g/mol.